The topological polar surface area (TPSA) is 71.1 Å². The molecular weight excluding hydrogens is 306 g/mol. The second kappa shape index (κ2) is 6.36. The third-order valence-corrected chi connectivity index (χ3v) is 4.37. The van der Waals surface area contributed by atoms with E-state index in [1.807, 2.05) is 26.2 Å². The molecule has 0 fully saturated rings. The number of thiophene rings is 1. The maximum absolute atomic E-state index is 12.4. The number of amides is 2. The molecule has 0 aromatic carbocycles. The SMILES string of the molecule is CC(C)(C)[C@H](NC(=O)c1cccs1)C(=O)Nc1nccs1. The van der Waals surface area contributed by atoms with Crippen molar-refractivity contribution in [2.45, 2.75) is 26.8 Å². The summed E-state index contributed by atoms with van der Waals surface area (Å²) >= 11 is 2.69. The zero-order chi connectivity index (χ0) is 15.5. The first-order valence-electron chi connectivity index (χ1n) is 6.42. The molecule has 2 rings (SSSR count). The molecule has 0 aliphatic rings. The Kier molecular flexibility index (Phi) is 4.74. The van der Waals surface area contributed by atoms with Gasteiger partial charge in [-0.2, -0.15) is 0 Å². The second-order valence-electron chi connectivity index (χ2n) is 5.58. The molecule has 2 aromatic heterocycles. The van der Waals surface area contributed by atoms with Crippen molar-refractivity contribution in [1.29, 1.82) is 0 Å². The molecule has 2 N–H and O–H groups in total. The lowest BCUT2D eigenvalue weighted by atomic mass is 9.86. The van der Waals surface area contributed by atoms with Crippen LogP contribution in [-0.2, 0) is 4.79 Å². The van der Waals surface area contributed by atoms with Gasteiger partial charge in [-0.25, -0.2) is 4.98 Å². The number of hydrogen-bond donors (Lipinski definition) is 2. The van der Waals surface area contributed by atoms with E-state index in [2.05, 4.69) is 15.6 Å². The van der Waals surface area contributed by atoms with Crippen LogP contribution in [0.1, 0.15) is 30.4 Å². The summed E-state index contributed by atoms with van der Waals surface area (Å²) in [6.45, 7) is 5.73. The van der Waals surface area contributed by atoms with Gasteiger partial charge < -0.3 is 10.6 Å². The van der Waals surface area contributed by atoms with Gasteiger partial charge in [0.15, 0.2) is 5.13 Å². The quantitative estimate of drug-likeness (QED) is 0.908. The van der Waals surface area contributed by atoms with E-state index in [9.17, 15) is 9.59 Å². The maximum atomic E-state index is 12.4. The highest BCUT2D eigenvalue weighted by molar-refractivity contribution is 7.13. The Morgan fingerprint density at radius 2 is 2.00 bits per heavy atom. The van der Waals surface area contributed by atoms with E-state index in [1.54, 1.807) is 23.7 Å². The van der Waals surface area contributed by atoms with Crippen LogP contribution < -0.4 is 10.6 Å². The molecule has 7 heteroatoms. The van der Waals surface area contributed by atoms with Crippen molar-refractivity contribution in [2.75, 3.05) is 5.32 Å². The molecule has 0 aliphatic carbocycles. The molecular formula is C14H17N3O2S2. The van der Waals surface area contributed by atoms with Crippen molar-refractivity contribution < 1.29 is 9.59 Å². The van der Waals surface area contributed by atoms with Gasteiger partial charge in [-0.05, 0) is 16.9 Å². The fraction of sp³-hybridized carbons (Fsp3) is 0.357. The summed E-state index contributed by atoms with van der Waals surface area (Å²) in [6, 6.07) is 2.90. The highest BCUT2D eigenvalue weighted by atomic mass is 32.1. The average Bonchev–Trinajstić information content (AvgIpc) is 3.06. The van der Waals surface area contributed by atoms with Gasteiger partial charge in [0, 0.05) is 11.6 Å². The van der Waals surface area contributed by atoms with Crippen LogP contribution in [0.4, 0.5) is 5.13 Å². The fourth-order valence-corrected chi connectivity index (χ4v) is 2.91. The summed E-state index contributed by atoms with van der Waals surface area (Å²) < 4.78 is 0. The van der Waals surface area contributed by atoms with Crippen LogP contribution in [0.5, 0.6) is 0 Å². The van der Waals surface area contributed by atoms with Crippen LogP contribution >= 0.6 is 22.7 Å². The van der Waals surface area contributed by atoms with Crippen LogP contribution in [-0.4, -0.2) is 22.8 Å². The zero-order valence-corrected chi connectivity index (χ0v) is 13.7. The number of hydrogen-bond acceptors (Lipinski definition) is 5. The molecule has 5 nitrogen and oxygen atoms in total. The number of aromatic nitrogens is 1. The summed E-state index contributed by atoms with van der Waals surface area (Å²) in [4.78, 5) is 29.2. The van der Waals surface area contributed by atoms with E-state index in [0.29, 0.717) is 10.0 Å². The van der Waals surface area contributed by atoms with Gasteiger partial charge in [-0.3, -0.25) is 9.59 Å². The lowest BCUT2D eigenvalue weighted by molar-refractivity contribution is -0.120. The molecule has 21 heavy (non-hydrogen) atoms. The number of anilines is 1. The molecule has 2 amide bonds. The lowest BCUT2D eigenvalue weighted by Gasteiger charge is -2.29. The van der Waals surface area contributed by atoms with Crippen LogP contribution in [0.25, 0.3) is 0 Å². The number of carbonyl (C=O) groups is 2. The summed E-state index contributed by atoms with van der Waals surface area (Å²) in [6.07, 6.45) is 1.62. The van der Waals surface area contributed by atoms with Crippen molar-refractivity contribution in [2.24, 2.45) is 5.41 Å². The minimum Gasteiger partial charge on any atom is -0.339 e. The number of nitrogens with one attached hydrogen (secondary N) is 2. The fourth-order valence-electron chi connectivity index (χ4n) is 1.75. The predicted octanol–water partition coefficient (Wildman–Crippen LogP) is 2.99. The minimum absolute atomic E-state index is 0.237. The van der Waals surface area contributed by atoms with Gasteiger partial charge in [-0.15, -0.1) is 22.7 Å². The predicted molar refractivity (Wildman–Crippen MR) is 85.8 cm³/mol. The first-order valence-corrected chi connectivity index (χ1v) is 8.18. The molecule has 0 saturated heterocycles. The highest BCUT2D eigenvalue weighted by Crippen LogP contribution is 2.22. The Morgan fingerprint density at radius 3 is 2.52 bits per heavy atom. The third-order valence-electron chi connectivity index (χ3n) is 2.81. The molecule has 1 atom stereocenters. The summed E-state index contributed by atoms with van der Waals surface area (Å²) in [5.74, 6) is -0.499. The lowest BCUT2D eigenvalue weighted by Crippen LogP contribution is -2.51. The average molecular weight is 323 g/mol. The number of rotatable bonds is 4. The van der Waals surface area contributed by atoms with Crippen LogP contribution in [0.2, 0.25) is 0 Å². The summed E-state index contributed by atoms with van der Waals surface area (Å²) in [5.41, 5.74) is -0.408. The van der Waals surface area contributed by atoms with Crippen LogP contribution in [0.3, 0.4) is 0 Å². The van der Waals surface area contributed by atoms with Gasteiger partial charge in [0.2, 0.25) is 5.91 Å². The van der Waals surface area contributed by atoms with Crippen molar-refractivity contribution in [3.63, 3.8) is 0 Å². The normalized spacial score (nSPS) is 12.7. The van der Waals surface area contributed by atoms with E-state index in [4.69, 9.17) is 0 Å². The Hall–Kier alpha value is -1.73. The van der Waals surface area contributed by atoms with Gasteiger partial charge in [0.1, 0.15) is 6.04 Å². The molecule has 0 radical (unpaired) electrons. The molecule has 0 bridgehead atoms. The zero-order valence-electron chi connectivity index (χ0n) is 12.0. The second-order valence-corrected chi connectivity index (χ2v) is 7.42. The van der Waals surface area contributed by atoms with Crippen molar-refractivity contribution in [1.82, 2.24) is 10.3 Å². The maximum Gasteiger partial charge on any atom is 0.262 e. The summed E-state index contributed by atoms with van der Waals surface area (Å²) in [5, 5.41) is 9.69. The van der Waals surface area contributed by atoms with Gasteiger partial charge in [0.05, 0.1) is 4.88 Å². The first kappa shape index (κ1) is 15.7. The molecule has 0 saturated carbocycles. The molecule has 0 spiro atoms. The molecule has 0 aliphatic heterocycles. The van der Waals surface area contributed by atoms with E-state index in [0.717, 1.165) is 0 Å². The van der Waals surface area contributed by atoms with Crippen molar-refractivity contribution in [3.05, 3.63) is 34.0 Å². The smallest absolute Gasteiger partial charge is 0.262 e. The molecule has 2 heterocycles. The van der Waals surface area contributed by atoms with Gasteiger partial charge >= 0.3 is 0 Å². The standard InChI is InChI=1S/C14H17N3O2S2/c1-14(2,3)10(12(19)17-13-15-6-8-21-13)16-11(18)9-5-4-7-20-9/h4-8,10H,1-3H3,(H,16,18)(H,15,17,19)/t10-/m1/s1. The monoisotopic (exact) mass is 323 g/mol. The number of carbonyl (C=O) groups excluding carboxylic acids is 2. The highest BCUT2D eigenvalue weighted by Gasteiger charge is 2.33. The minimum atomic E-state index is -0.643. The van der Waals surface area contributed by atoms with E-state index in [-0.39, 0.29) is 11.8 Å². The van der Waals surface area contributed by atoms with E-state index < -0.39 is 11.5 Å². The Labute approximate surface area is 131 Å². The molecule has 2 aromatic rings. The molecule has 112 valence electrons. The number of nitrogens with zero attached hydrogens (tertiary/aromatic N) is 1. The van der Waals surface area contributed by atoms with Crippen LogP contribution in [0, 0.1) is 5.41 Å². The Morgan fingerprint density at radius 1 is 1.24 bits per heavy atom. The Bertz CT molecular complexity index is 601. The number of thiazole rings is 1. The first-order chi connectivity index (χ1) is 9.88. The van der Waals surface area contributed by atoms with Crippen molar-refractivity contribution >= 4 is 39.6 Å². The van der Waals surface area contributed by atoms with Gasteiger partial charge in [-0.1, -0.05) is 26.8 Å². The van der Waals surface area contributed by atoms with Crippen molar-refractivity contribution in [3.8, 4) is 0 Å². The van der Waals surface area contributed by atoms with E-state index >= 15 is 0 Å². The molecule has 0 unspecified atom stereocenters. The third kappa shape index (κ3) is 4.12. The summed E-state index contributed by atoms with van der Waals surface area (Å²) in [7, 11) is 0. The van der Waals surface area contributed by atoms with Gasteiger partial charge in [0.25, 0.3) is 5.91 Å². The van der Waals surface area contributed by atoms with Crippen LogP contribution in [0.15, 0.2) is 29.1 Å². The Balaban J connectivity index is 2.11. The van der Waals surface area contributed by atoms with E-state index in [1.165, 1.54) is 22.7 Å². The largest absolute Gasteiger partial charge is 0.339 e.